The number of nitrogens with one attached hydrogen (secondary N) is 1. The summed E-state index contributed by atoms with van der Waals surface area (Å²) < 4.78 is 86.5. The first-order chi connectivity index (χ1) is 23.8. The van der Waals surface area contributed by atoms with Gasteiger partial charge in [-0.1, -0.05) is 53.5 Å². The Morgan fingerprint density at radius 3 is 2.06 bits per heavy atom. The maximum absolute atomic E-state index is 15.7. The lowest BCUT2D eigenvalue weighted by atomic mass is 10.1. The van der Waals surface area contributed by atoms with Gasteiger partial charge in [-0.05, 0) is 18.6 Å². The second-order valence-electron chi connectivity index (χ2n) is 11.2. The zero-order valence-electron chi connectivity index (χ0n) is 26.2. The summed E-state index contributed by atoms with van der Waals surface area (Å²) in [6.07, 6.45) is -7.87. The number of nitrogens with zero attached hydrogens (tertiary/aromatic N) is 4. The van der Waals surface area contributed by atoms with E-state index in [9.17, 15) is 31.1 Å². The van der Waals surface area contributed by atoms with Gasteiger partial charge in [0.25, 0.3) is 5.91 Å². The van der Waals surface area contributed by atoms with Crippen molar-refractivity contribution in [1.29, 1.82) is 0 Å². The van der Waals surface area contributed by atoms with Crippen LogP contribution in [0.4, 0.5) is 30.7 Å². The van der Waals surface area contributed by atoms with Crippen molar-refractivity contribution in [2.24, 2.45) is 7.05 Å². The Balaban J connectivity index is 0.000000353. The molecule has 2 aliphatic heterocycles. The average molecular weight is 770 g/mol. The van der Waals surface area contributed by atoms with Crippen molar-refractivity contribution in [3.05, 3.63) is 76.0 Å². The van der Waals surface area contributed by atoms with Gasteiger partial charge in [-0.2, -0.15) is 26.3 Å². The van der Waals surface area contributed by atoms with E-state index in [1.165, 1.54) is 0 Å². The summed E-state index contributed by atoms with van der Waals surface area (Å²) >= 11 is 12.9. The molecule has 2 aromatic heterocycles. The first-order valence-electron chi connectivity index (χ1n) is 14.8. The Hall–Kier alpha value is -4.39. The molecule has 2 atom stereocenters. The molecule has 0 unspecified atom stereocenters. The number of rotatable bonds is 4. The molecule has 2 aliphatic rings. The van der Waals surface area contributed by atoms with Gasteiger partial charge < -0.3 is 29.4 Å². The largest absolute Gasteiger partial charge is 0.490 e. The summed E-state index contributed by atoms with van der Waals surface area (Å²) in [6.45, 7) is 3.32. The fourth-order valence-electron chi connectivity index (χ4n) is 5.53. The minimum atomic E-state index is -5.08. The monoisotopic (exact) mass is 769 g/mol. The molecule has 2 aromatic carbocycles. The molecule has 4 heterocycles. The fourth-order valence-corrected chi connectivity index (χ4v) is 6.10. The molecule has 276 valence electrons. The number of hydrogen-bond acceptors (Lipinski definition) is 6. The number of ether oxygens (including phenoxy) is 1. The summed E-state index contributed by atoms with van der Waals surface area (Å²) in [6, 6.07) is 12.6. The minimum absolute atomic E-state index is 0.00540. The van der Waals surface area contributed by atoms with Crippen LogP contribution >= 0.6 is 23.2 Å². The number of amides is 1. The average Bonchev–Trinajstić information content (AvgIpc) is 3.76. The molecular formula is C31H28Cl2F7N5O6. The number of alkyl halides is 6. The highest BCUT2D eigenvalue weighted by molar-refractivity contribution is 6.35. The van der Waals surface area contributed by atoms with Crippen LogP contribution in [-0.2, 0) is 21.4 Å². The Labute approximate surface area is 294 Å². The summed E-state index contributed by atoms with van der Waals surface area (Å²) in [4.78, 5) is 43.8. The molecule has 51 heavy (non-hydrogen) atoms. The van der Waals surface area contributed by atoms with E-state index < -0.39 is 42.1 Å². The van der Waals surface area contributed by atoms with Gasteiger partial charge in [0.2, 0.25) is 0 Å². The van der Waals surface area contributed by atoms with Crippen LogP contribution in [0.3, 0.4) is 0 Å². The second kappa shape index (κ2) is 15.9. The van der Waals surface area contributed by atoms with E-state index in [2.05, 4.69) is 9.88 Å². The number of fused-ring (bicyclic) bond motifs is 1. The van der Waals surface area contributed by atoms with Crippen molar-refractivity contribution in [3.63, 3.8) is 0 Å². The normalized spacial score (nSPS) is 18.1. The van der Waals surface area contributed by atoms with Crippen molar-refractivity contribution < 1.29 is 60.1 Å². The van der Waals surface area contributed by atoms with E-state index in [0.717, 1.165) is 18.7 Å². The third kappa shape index (κ3) is 9.29. The van der Waals surface area contributed by atoms with Crippen molar-refractivity contribution in [2.75, 3.05) is 32.8 Å². The van der Waals surface area contributed by atoms with Gasteiger partial charge in [-0.15, -0.1) is 0 Å². The third-order valence-electron chi connectivity index (χ3n) is 7.90. The minimum Gasteiger partial charge on any atom is -0.475 e. The van der Waals surface area contributed by atoms with Crippen LogP contribution in [0.15, 0.2) is 48.7 Å². The molecule has 4 aromatic rings. The van der Waals surface area contributed by atoms with Crippen LogP contribution in [0, 0.1) is 5.82 Å². The molecule has 2 fully saturated rings. The number of H-pyrrole nitrogens is 1. The topological polar surface area (TPSA) is 141 Å². The van der Waals surface area contributed by atoms with Gasteiger partial charge in [0.1, 0.15) is 22.5 Å². The lowest BCUT2D eigenvalue weighted by Gasteiger charge is -2.31. The molecule has 0 saturated carbocycles. The molecule has 0 aliphatic carbocycles. The van der Waals surface area contributed by atoms with Crippen LogP contribution in [0.5, 0.6) is 0 Å². The van der Waals surface area contributed by atoms with Gasteiger partial charge in [0.15, 0.2) is 0 Å². The van der Waals surface area contributed by atoms with E-state index in [0.29, 0.717) is 48.4 Å². The number of carboxylic acids is 2. The second-order valence-corrected chi connectivity index (χ2v) is 12.0. The zero-order valence-corrected chi connectivity index (χ0v) is 27.7. The Morgan fingerprint density at radius 1 is 0.941 bits per heavy atom. The summed E-state index contributed by atoms with van der Waals surface area (Å²) in [5, 5.41) is 15.2. The van der Waals surface area contributed by atoms with Crippen LogP contribution in [0.2, 0.25) is 10.2 Å². The number of hydrogen-bond donors (Lipinski definition) is 3. The van der Waals surface area contributed by atoms with Crippen molar-refractivity contribution in [2.45, 2.75) is 30.9 Å². The van der Waals surface area contributed by atoms with Crippen molar-refractivity contribution >= 4 is 52.0 Å². The molecule has 0 spiro atoms. The predicted molar refractivity (Wildman–Crippen MR) is 169 cm³/mol. The number of morpholine rings is 1. The van der Waals surface area contributed by atoms with Crippen LogP contribution in [-0.4, -0.2) is 104 Å². The van der Waals surface area contributed by atoms with Crippen LogP contribution in [0.1, 0.15) is 28.6 Å². The highest BCUT2D eigenvalue weighted by atomic mass is 35.5. The van der Waals surface area contributed by atoms with E-state index in [-0.39, 0.29) is 22.0 Å². The van der Waals surface area contributed by atoms with Crippen molar-refractivity contribution in [3.8, 4) is 11.3 Å². The quantitative estimate of drug-likeness (QED) is 0.198. The Morgan fingerprint density at radius 2 is 1.51 bits per heavy atom. The van der Waals surface area contributed by atoms with E-state index in [1.54, 1.807) is 34.8 Å². The maximum atomic E-state index is 15.7. The number of imidazole rings is 1. The zero-order chi connectivity index (χ0) is 37.8. The lowest BCUT2D eigenvalue weighted by Crippen LogP contribution is -2.45. The number of carbonyl (C=O) groups excluding carboxylic acids is 1. The molecule has 1 amide bonds. The molecule has 0 bridgehead atoms. The Bertz CT molecular complexity index is 1850. The number of carbonyl (C=O) groups is 3. The van der Waals surface area contributed by atoms with Gasteiger partial charge >= 0.3 is 24.3 Å². The Kier molecular flexibility index (Phi) is 12.3. The fraction of sp³-hybridized carbons (Fsp3) is 0.355. The number of halogens is 9. The van der Waals surface area contributed by atoms with E-state index >= 15 is 4.39 Å². The highest BCUT2D eigenvalue weighted by Gasteiger charge is 2.42. The van der Waals surface area contributed by atoms with Gasteiger partial charge in [0.05, 0.1) is 40.7 Å². The third-order valence-corrected chi connectivity index (χ3v) is 8.46. The molecule has 2 saturated heterocycles. The molecule has 20 heteroatoms. The molecule has 3 N–H and O–H groups in total. The first-order valence-corrected chi connectivity index (χ1v) is 15.5. The highest BCUT2D eigenvalue weighted by Crippen LogP contribution is 2.38. The van der Waals surface area contributed by atoms with E-state index in [4.69, 9.17) is 52.7 Å². The number of aromatic amines is 1. The lowest BCUT2D eigenvalue weighted by molar-refractivity contribution is -0.193. The number of benzene rings is 2. The number of aryl methyl sites for hydroxylation is 1. The summed E-state index contributed by atoms with van der Waals surface area (Å²) in [5.74, 6) is -5.93. The number of aromatic nitrogens is 3. The smallest absolute Gasteiger partial charge is 0.475 e. The molecule has 11 nitrogen and oxygen atoms in total. The van der Waals surface area contributed by atoms with Gasteiger partial charge in [0, 0.05) is 44.5 Å². The molecule has 6 rings (SSSR count). The standard InChI is InChI=1S/C27H26Cl2FN5O2.2C2HF3O2/c1-33-15-19(28)22-20(33)8-7-18(23(22)30)27(36)35-14-17(34-9-11-37-12-10-34)13-21(35)26-31-24(25(29)32-26)16-5-3-2-4-6-16;2*3-2(4,5)1(6)7/h2-8,15,17,21H,9-14H2,1H3,(H,31,32);2*(H,6,7)/t17-,21-;;/m0../s1. The summed E-state index contributed by atoms with van der Waals surface area (Å²) in [7, 11) is 1.80. The predicted octanol–water partition coefficient (Wildman–Crippen LogP) is 6.57. The number of likely N-dealkylation sites (tertiary alicyclic amines) is 1. The number of aliphatic carboxylic acids is 2. The van der Waals surface area contributed by atoms with Crippen molar-refractivity contribution in [1.82, 2.24) is 24.3 Å². The maximum Gasteiger partial charge on any atom is 0.490 e. The van der Waals surface area contributed by atoms with Gasteiger partial charge in [-0.3, -0.25) is 9.69 Å². The SMILES string of the molecule is Cn1cc(Cl)c2c(F)c(C(=O)N3C[C@@H](N4CCOCC4)C[C@H]3c3nc(-c4ccccc4)c(Cl)[nH]3)ccc21.O=C(O)C(F)(F)F.O=C(O)C(F)(F)F. The summed E-state index contributed by atoms with van der Waals surface area (Å²) in [5.41, 5.74) is 2.14. The van der Waals surface area contributed by atoms with Gasteiger partial charge in [-0.25, -0.2) is 19.0 Å². The van der Waals surface area contributed by atoms with E-state index in [1.807, 2.05) is 30.3 Å². The molecular weight excluding hydrogens is 742 g/mol. The number of carboxylic acid groups (broad SMARTS) is 2. The van der Waals surface area contributed by atoms with Crippen LogP contribution < -0.4 is 0 Å². The van der Waals surface area contributed by atoms with Crippen LogP contribution in [0.25, 0.3) is 22.2 Å². The molecule has 0 radical (unpaired) electrons. The first kappa shape index (κ1) is 39.4.